The van der Waals surface area contributed by atoms with Crippen LogP contribution in [0.15, 0.2) is 84.1 Å². The maximum atomic E-state index is 2.45. The fourth-order valence-corrected chi connectivity index (χ4v) is 5.44. The molecule has 0 amide bonds. The highest BCUT2D eigenvalue weighted by Gasteiger charge is 2.43. The van der Waals surface area contributed by atoms with Crippen molar-refractivity contribution in [2.45, 2.75) is 59.3 Å². The largest absolute Gasteiger partial charge is 0.344 e. The lowest BCUT2D eigenvalue weighted by atomic mass is 9.81. The van der Waals surface area contributed by atoms with Gasteiger partial charge >= 0.3 is 0 Å². The zero-order valence-corrected chi connectivity index (χ0v) is 20.7. The number of benzene rings is 2. The minimum Gasteiger partial charge on any atom is -0.344 e. The van der Waals surface area contributed by atoms with Crippen molar-refractivity contribution >= 4 is 17.1 Å². The Morgan fingerprint density at radius 3 is 2.25 bits per heavy atom. The summed E-state index contributed by atoms with van der Waals surface area (Å²) in [7, 11) is 0. The molecule has 2 aliphatic rings. The Morgan fingerprint density at radius 2 is 1.56 bits per heavy atom. The first kappa shape index (κ1) is 22.3. The Hall–Kier alpha value is -2.87. The molecule has 2 aliphatic heterocycles. The predicted molar refractivity (Wildman–Crippen MR) is 138 cm³/mol. The van der Waals surface area contributed by atoms with E-state index in [0.717, 1.165) is 13.1 Å². The Labute approximate surface area is 194 Å². The molecule has 0 radical (unpaired) electrons. The molecule has 2 aromatic rings. The third-order valence-corrected chi connectivity index (χ3v) is 7.24. The Morgan fingerprint density at radius 1 is 0.906 bits per heavy atom. The fraction of sp³-hybridized carbons (Fsp3) is 0.367. The van der Waals surface area contributed by atoms with Gasteiger partial charge in [-0.2, -0.15) is 4.58 Å². The SMILES string of the molecule is CCN1/C(=C/C=C(C)/C=C/C2=[N+](CC)c3ccccc3C2(C)C)C(C)(C)c2ccccc21. The van der Waals surface area contributed by atoms with Gasteiger partial charge in [0.25, 0.3) is 0 Å². The quantitative estimate of drug-likeness (QED) is 0.360. The van der Waals surface area contributed by atoms with Gasteiger partial charge in [-0.25, -0.2) is 0 Å². The lowest BCUT2D eigenvalue weighted by molar-refractivity contribution is -0.433. The van der Waals surface area contributed by atoms with Crippen LogP contribution in [-0.4, -0.2) is 23.4 Å². The van der Waals surface area contributed by atoms with Crippen molar-refractivity contribution in [3.05, 3.63) is 95.2 Å². The standard InChI is InChI=1S/C30H37N2/c1-8-31-25-16-12-10-14-23(25)29(4,5)27(31)20-18-22(3)19-21-28-30(6,7)24-15-11-13-17-26(24)32(28)9-2/h10-21H,8-9H2,1-7H3/q+1. The van der Waals surface area contributed by atoms with Crippen LogP contribution in [0.5, 0.6) is 0 Å². The normalized spacial score (nSPS) is 20.4. The average Bonchev–Trinajstić information content (AvgIpc) is 3.14. The summed E-state index contributed by atoms with van der Waals surface area (Å²) in [5.74, 6) is 0. The molecule has 166 valence electrons. The number of fused-ring (bicyclic) bond motifs is 2. The van der Waals surface area contributed by atoms with Crippen LogP contribution < -0.4 is 4.90 Å². The zero-order valence-electron chi connectivity index (χ0n) is 20.7. The summed E-state index contributed by atoms with van der Waals surface area (Å²) >= 11 is 0. The molecule has 0 aromatic heterocycles. The summed E-state index contributed by atoms with van der Waals surface area (Å²) in [6.07, 6.45) is 9.18. The molecule has 2 nitrogen and oxygen atoms in total. The van der Waals surface area contributed by atoms with Crippen LogP contribution in [0.4, 0.5) is 11.4 Å². The minimum atomic E-state index is 0.00987. The smallest absolute Gasteiger partial charge is 0.209 e. The second-order valence-electron chi connectivity index (χ2n) is 9.95. The lowest BCUT2D eigenvalue weighted by Crippen LogP contribution is -2.27. The van der Waals surface area contributed by atoms with Crippen molar-refractivity contribution in [1.29, 1.82) is 0 Å². The molecule has 0 bridgehead atoms. The van der Waals surface area contributed by atoms with E-state index in [0.29, 0.717) is 0 Å². The van der Waals surface area contributed by atoms with E-state index in [4.69, 9.17) is 0 Å². The van der Waals surface area contributed by atoms with Gasteiger partial charge < -0.3 is 4.90 Å². The molecule has 4 rings (SSSR count). The van der Waals surface area contributed by atoms with Crippen molar-refractivity contribution in [3.63, 3.8) is 0 Å². The third kappa shape index (κ3) is 3.46. The van der Waals surface area contributed by atoms with Crippen molar-refractivity contribution < 1.29 is 4.58 Å². The van der Waals surface area contributed by atoms with Gasteiger partial charge in [0.15, 0.2) is 5.71 Å². The van der Waals surface area contributed by atoms with Crippen LogP contribution in [-0.2, 0) is 10.8 Å². The number of hydrogen-bond acceptors (Lipinski definition) is 1. The van der Waals surface area contributed by atoms with Crippen molar-refractivity contribution in [1.82, 2.24) is 0 Å². The van der Waals surface area contributed by atoms with Gasteiger partial charge in [0, 0.05) is 41.1 Å². The molecule has 0 unspecified atom stereocenters. The Bertz CT molecular complexity index is 1150. The molecule has 0 fully saturated rings. The van der Waals surface area contributed by atoms with Crippen LogP contribution in [0, 0.1) is 0 Å². The first-order chi connectivity index (χ1) is 15.2. The van der Waals surface area contributed by atoms with Crippen molar-refractivity contribution in [2.24, 2.45) is 0 Å². The molecule has 0 saturated carbocycles. The average molecular weight is 426 g/mol. The molecule has 0 aliphatic carbocycles. The summed E-state index contributed by atoms with van der Waals surface area (Å²) in [6.45, 7) is 18.0. The monoisotopic (exact) mass is 425 g/mol. The first-order valence-electron chi connectivity index (χ1n) is 11.9. The summed E-state index contributed by atoms with van der Waals surface area (Å²) in [5, 5.41) is 0. The molecular formula is C30H37N2+. The van der Waals surface area contributed by atoms with E-state index in [2.05, 4.69) is 131 Å². The van der Waals surface area contributed by atoms with Gasteiger partial charge in [-0.1, -0.05) is 68.0 Å². The zero-order chi connectivity index (χ0) is 23.1. The van der Waals surface area contributed by atoms with E-state index in [9.17, 15) is 0 Å². The van der Waals surface area contributed by atoms with Gasteiger partial charge in [-0.15, -0.1) is 0 Å². The molecule has 2 heterocycles. The number of para-hydroxylation sites is 2. The van der Waals surface area contributed by atoms with Crippen LogP contribution in [0.1, 0.15) is 59.6 Å². The number of allylic oxidation sites excluding steroid dienone is 6. The van der Waals surface area contributed by atoms with Crippen molar-refractivity contribution in [2.75, 3.05) is 18.0 Å². The van der Waals surface area contributed by atoms with Crippen LogP contribution in [0.25, 0.3) is 0 Å². The van der Waals surface area contributed by atoms with Gasteiger partial charge in [0.1, 0.15) is 6.54 Å². The molecule has 32 heavy (non-hydrogen) atoms. The molecular weight excluding hydrogens is 388 g/mol. The number of likely N-dealkylation sites (N-methyl/N-ethyl adjacent to an activating group) is 1. The Kier molecular flexibility index (Phi) is 5.75. The number of rotatable bonds is 5. The second kappa shape index (κ2) is 8.24. The molecule has 2 aromatic carbocycles. The minimum absolute atomic E-state index is 0.00987. The fourth-order valence-electron chi connectivity index (χ4n) is 5.44. The van der Waals surface area contributed by atoms with E-state index in [1.54, 1.807) is 0 Å². The molecule has 0 atom stereocenters. The highest BCUT2D eigenvalue weighted by Crippen LogP contribution is 2.47. The van der Waals surface area contributed by atoms with E-state index in [-0.39, 0.29) is 10.8 Å². The molecule has 2 heteroatoms. The van der Waals surface area contributed by atoms with E-state index < -0.39 is 0 Å². The maximum Gasteiger partial charge on any atom is 0.209 e. The van der Waals surface area contributed by atoms with Crippen LogP contribution in [0.2, 0.25) is 0 Å². The summed E-state index contributed by atoms with van der Waals surface area (Å²) in [5.41, 5.74) is 9.52. The Balaban J connectivity index is 1.66. The molecule has 0 spiro atoms. The highest BCUT2D eigenvalue weighted by molar-refractivity contribution is 6.03. The van der Waals surface area contributed by atoms with Gasteiger partial charge in [0.05, 0.1) is 5.41 Å². The maximum absolute atomic E-state index is 2.45. The van der Waals surface area contributed by atoms with Gasteiger partial charge in [-0.3, -0.25) is 0 Å². The lowest BCUT2D eigenvalue weighted by Gasteiger charge is -2.25. The topological polar surface area (TPSA) is 6.25 Å². The molecule has 0 N–H and O–H groups in total. The number of anilines is 1. The van der Waals surface area contributed by atoms with Gasteiger partial charge in [0.2, 0.25) is 5.69 Å². The third-order valence-electron chi connectivity index (χ3n) is 7.24. The number of hydrogen-bond donors (Lipinski definition) is 0. The predicted octanol–water partition coefficient (Wildman–Crippen LogP) is 7.29. The van der Waals surface area contributed by atoms with E-state index >= 15 is 0 Å². The van der Waals surface area contributed by atoms with Crippen LogP contribution in [0.3, 0.4) is 0 Å². The first-order valence-corrected chi connectivity index (χ1v) is 11.9. The van der Waals surface area contributed by atoms with E-state index in [1.807, 2.05) is 0 Å². The highest BCUT2D eigenvalue weighted by atomic mass is 15.2. The second-order valence-corrected chi connectivity index (χ2v) is 9.95. The van der Waals surface area contributed by atoms with Gasteiger partial charge in [-0.05, 0) is 52.3 Å². The summed E-state index contributed by atoms with van der Waals surface area (Å²) in [6, 6.07) is 17.6. The summed E-state index contributed by atoms with van der Waals surface area (Å²) in [4.78, 5) is 2.45. The molecule has 0 saturated heterocycles. The van der Waals surface area contributed by atoms with E-state index in [1.165, 1.54) is 39.5 Å². The van der Waals surface area contributed by atoms with Crippen LogP contribution >= 0.6 is 0 Å². The summed E-state index contributed by atoms with van der Waals surface area (Å²) < 4.78 is 2.45. The number of nitrogens with zero attached hydrogens (tertiary/aromatic N) is 2. The van der Waals surface area contributed by atoms with Crippen molar-refractivity contribution in [3.8, 4) is 0 Å².